The number of pyridine rings is 1. The lowest BCUT2D eigenvalue weighted by Gasteiger charge is -2.01. The molecular weight excluding hydrogens is 216 g/mol. The minimum absolute atomic E-state index is 0.512. The minimum atomic E-state index is -0.512. The molecule has 0 radical (unpaired) electrons. The molecule has 2 aromatic rings. The Balaban J connectivity index is 1.94. The number of hydrogen-bond donors (Lipinski definition) is 1. The Morgan fingerprint density at radius 3 is 3.06 bits per heavy atom. The Labute approximate surface area is 100 Å². The Morgan fingerprint density at radius 2 is 2.35 bits per heavy atom. The van der Waals surface area contributed by atoms with Crippen LogP contribution >= 0.6 is 0 Å². The predicted octanol–water partition coefficient (Wildman–Crippen LogP) is 1.36. The van der Waals surface area contributed by atoms with E-state index in [1.807, 2.05) is 25.3 Å². The normalized spacial score (nSPS) is 12.6. The van der Waals surface area contributed by atoms with Crippen LogP contribution in [-0.4, -0.2) is 25.1 Å². The first-order valence-corrected chi connectivity index (χ1v) is 5.76. The summed E-state index contributed by atoms with van der Waals surface area (Å²) in [6.45, 7) is 2.66. The average Bonchev–Trinajstić information content (AvgIpc) is 2.85. The molecule has 0 aromatic carbocycles. The highest BCUT2D eigenvalue weighted by molar-refractivity contribution is 5.08. The standard InChI is InChI=1S/C12H16N4O/c1-2-12(17)11-9-16(15-14-11)7-5-10-4-3-6-13-8-10/h3-4,6,8-9,12,17H,2,5,7H2,1H3. The molecule has 0 saturated heterocycles. The molecule has 17 heavy (non-hydrogen) atoms. The van der Waals surface area contributed by atoms with E-state index in [2.05, 4.69) is 15.3 Å². The number of aryl methyl sites for hydroxylation is 2. The number of aliphatic hydroxyl groups excluding tert-OH is 1. The maximum atomic E-state index is 9.60. The largest absolute Gasteiger partial charge is 0.387 e. The highest BCUT2D eigenvalue weighted by atomic mass is 16.3. The van der Waals surface area contributed by atoms with Gasteiger partial charge in [0, 0.05) is 18.9 Å². The van der Waals surface area contributed by atoms with Gasteiger partial charge in [-0.15, -0.1) is 5.10 Å². The lowest BCUT2D eigenvalue weighted by molar-refractivity contribution is 0.168. The number of nitrogens with zero attached hydrogens (tertiary/aromatic N) is 4. The van der Waals surface area contributed by atoms with Gasteiger partial charge in [0.15, 0.2) is 0 Å². The summed E-state index contributed by atoms with van der Waals surface area (Å²) in [4.78, 5) is 4.06. The predicted molar refractivity (Wildman–Crippen MR) is 63.2 cm³/mol. The Hall–Kier alpha value is -1.75. The van der Waals surface area contributed by atoms with E-state index >= 15 is 0 Å². The van der Waals surface area contributed by atoms with Crippen LogP contribution in [0.1, 0.15) is 30.7 Å². The van der Waals surface area contributed by atoms with Crippen molar-refractivity contribution in [2.75, 3.05) is 0 Å². The van der Waals surface area contributed by atoms with E-state index in [0.717, 1.165) is 13.0 Å². The molecule has 90 valence electrons. The van der Waals surface area contributed by atoms with E-state index in [4.69, 9.17) is 0 Å². The van der Waals surface area contributed by atoms with E-state index in [9.17, 15) is 5.11 Å². The fourth-order valence-corrected chi connectivity index (χ4v) is 1.57. The molecule has 2 aromatic heterocycles. The molecular formula is C12H16N4O. The van der Waals surface area contributed by atoms with E-state index in [-0.39, 0.29) is 0 Å². The maximum Gasteiger partial charge on any atom is 0.111 e. The summed E-state index contributed by atoms with van der Waals surface area (Å²) in [5, 5.41) is 17.5. The van der Waals surface area contributed by atoms with Crippen LogP contribution in [0.4, 0.5) is 0 Å². The van der Waals surface area contributed by atoms with E-state index in [1.165, 1.54) is 5.56 Å². The van der Waals surface area contributed by atoms with Crippen LogP contribution in [0.25, 0.3) is 0 Å². The number of aliphatic hydroxyl groups is 1. The number of hydrogen-bond acceptors (Lipinski definition) is 4. The minimum Gasteiger partial charge on any atom is -0.387 e. The van der Waals surface area contributed by atoms with Gasteiger partial charge >= 0.3 is 0 Å². The summed E-state index contributed by atoms with van der Waals surface area (Å²) in [5.74, 6) is 0. The van der Waals surface area contributed by atoms with Crippen molar-refractivity contribution in [1.82, 2.24) is 20.0 Å². The molecule has 0 fully saturated rings. The van der Waals surface area contributed by atoms with Crippen LogP contribution in [0.15, 0.2) is 30.7 Å². The van der Waals surface area contributed by atoms with Crippen molar-refractivity contribution in [2.24, 2.45) is 0 Å². The number of rotatable bonds is 5. The zero-order valence-corrected chi connectivity index (χ0v) is 9.82. The van der Waals surface area contributed by atoms with Crippen LogP contribution in [-0.2, 0) is 13.0 Å². The van der Waals surface area contributed by atoms with Crippen LogP contribution in [0.2, 0.25) is 0 Å². The van der Waals surface area contributed by atoms with Gasteiger partial charge in [-0.1, -0.05) is 18.2 Å². The second-order valence-corrected chi connectivity index (χ2v) is 3.94. The van der Waals surface area contributed by atoms with E-state index in [0.29, 0.717) is 12.1 Å². The van der Waals surface area contributed by atoms with Gasteiger partial charge in [-0.3, -0.25) is 9.67 Å². The summed E-state index contributed by atoms with van der Waals surface area (Å²) >= 11 is 0. The average molecular weight is 232 g/mol. The zero-order chi connectivity index (χ0) is 12.1. The van der Waals surface area contributed by atoms with Gasteiger partial charge in [-0.05, 0) is 24.5 Å². The van der Waals surface area contributed by atoms with Crippen LogP contribution < -0.4 is 0 Å². The Bertz CT molecular complexity index is 455. The van der Waals surface area contributed by atoms with Crippen molar-refractivity contribution >= 4 is 0 Å². The van der Waals surface area contributed by atoms with Crippen molar-refractivity contribution < 1.29 is 5.11 Å². The van der Waals surface area contributed by atoms with Crippen LogP contribution in [0.3, 0.4) is 0 Å². The molecule has 1 atom stereocenters. The molecule has 1 N–H and O–H groups in total. The smallest absolute Gasteiger partial charge is 0.111 e. The van der Waals surface area contributed by atoms with Crippen molar-refractivity contribution in [1.29, 1.82) is 0 Å². The summed E-state index contributed by atoms with van der Waals surface area (Å²) in [6.07, 6.45) is 6.40. The molecule has 0 aliphatic rings. The molecule has 2 heterocycles. The van der Waals surface area contributed by atoms with Crippen molar-refractivity contribution in [2.45, 2.75) is 32.4 Å². The highest BCUT2D eigenvalue weighted by Crippen LogP contribution is 2.12. The zero-order valence-electron chi connectivity index (χ0n) is 9.82. The molecule has 0 amide bonds. The van der Waals surface area contributed by atoms with Crippen molar-refractivity contribution in [3.63, 3.8) is 0 Å². The van der Waals surface area contributed by atoms with Gasteiger partial charge in [-0.25, -0.2) is 0 Å². The van der Waals surface area contributed by atoms with Crippen molar-refractivity contribution in [3.05, 3.63) is 42.0 Å². The molecule has 0 aliphatic heterocycles. The third-order valence-corrected chi connectivity index (χ3v) is 2.64. The molecule has 0 bridgehead atoms. The fraction of sp³-hybridized carbons (Fsp3) is 0.417. The highest BCUT2D eigenvalue weighted by Gasteiger charge is 2.09. The second kappa shape index (κ2) is 5.54. The topological polar surface area (TPSA) is 63.8 Å². The molecule has 2 rings (SSSR count). The third kappa shape index (κ3) is 3.10. The second-order valence-electron chi connectivity index (χ2n) is 3.94. The summed E-state index contributed by atoms with van der Waals surface area (Å²) < 4.78 is 1.75. The maximum absolute atomic E-state index is 9.60. The van der Waals surface area contributed by atoms with Gasteiger partial charge in [0.25, 0.3) is 0 Å². The van der Waals surface area contributed by atoms with Crippen LogP contribution in [0, 0.1) is 0 Å². The summed E-state index contributed by atoms with van der Waals surface area (Å²) in [6, 6.07) is 3.95. The van der Waals surface area contributed by atoms with Gasteiger partial charge in [0.1, 0.15) is 5.69 Å². The first-order chi connectivity index (χ1) is 8.29. The summed E-state index contributed by atoms with van der Waals surface area (Å²) in [7, 11) is 0. The first kappa shape index (κ1) is 11.7. The van der Waals surface area contributed by atoms with Gasteiger partial charge in [-0.2, -0.15) is 0 Å². The molecule has 1 unspecified atom stereocenters. The molecule has 0 saturated carbocycles. The molecule has 0 aliphatic carbocycles. The van der Waals surface area contributed by atoms with Gasteiger partial charge in [0.2, 0.25) is 0 Å². The van der Waals surface area contributed by atoms with Crippen molar-refractivity contribution in [3.8, 4) is 0 Å². The van der Waals surface area contributed by atoms with E-state index < -0.39 is 6.10 Å². The lowest BCUT2D eigenvalue weighted by atomic mass is 10.2. The molecule has 5 nitrogen and oxygen atoms in total. The molecule has 5 heteroatoms. The Kier molecular flexibility index (Phi) is 3.82. The molecule has 0 spiro atoms. The quantitative estimate of drug-likeness (QED) is 0.845. The van der Waals surface area contributed by atoms with E-state index in [1.54, 1.807) is 17.1 Å². The summed E-state index contributed by atoms with van der Waals surface area (Å²) in [5.41, 5.74) is 1.80. The first-order valence-electron chi connectivity index (χ1n) is 5.76. The van der Waals surface area contributed by atoms with Gasteiger partial charge < -0.3 is 5.11 Å². The fourth-order valence-electron chi connectivity index (χ4n) is 1.57. The number of aromatic nitrogens is 4. The monoisotopic (exact) mass is 232 g/mol. The lowest BCUT2D eigenvalue weighted by Crippen LogP contribution is -2.02. The van der Waals surface area contributed by atoms with Crippen LogP contribution in [0.5, 0.6) is 0 Å². The Morgan fingerprint density at radius 1 is 1.47 bits per heavy atom. The SMILES string of the molecule is CCC(O)c1cn(CCc2cccnc2)nn1. The van der Waals surface area contributed by atoms with Gasteiger partial charge in [0.05, 0.1) is 12.3 Å². The third-order valence-electron chi connectivity index (χ3n) is 2.64.